The van der Waals surface area contributed by atoms with Crippen molar-refractivity contribution >= 4 is 52.9 Å². The molecule has 15 heteroatoms. The molecule has 1 heterocycles. The Morgan fingerprint density at radius 3 is 1.91 bits per heavy atom. The fourth-order valence-corrected chi connectivity index (χ4v) is 4.08. The lowest BCUT2D eigenvalue weighted by Crippen LogP contribution is -2.23. The number of esters is 3. The highest BCUT2D eigenvalue weighted by molar-refractivity contribution is 7.99. The number of nitrogens with one attached hydrogen (secondary N) is 3. The van der Waals surface area contributed by atoms with Crippen LogP contribution in [0.1, 0.15) is 46.7 Å². The Morgan fingerprint density at radius 1 is 0.791 bits per heavy atom. The number of thioether (sulfide) groups is 1. The number of rotatable bonds is 14. The lowest BCUT2D eigenvalue weighted by molar-refractivity contribution is -0.147. The Bertz CT molecular complexity index is 1540. The van der Waals surface area contributed by atoms with Crippen LogP contribution in [0, 0.1) is 0 Å². The second-order valence-electron chi connectivity index (χ2n) is 8.48. The highest BCUT2D eigenvalue weighted by Crippen LogP contribution is 2.18. The van der Waals surface area contributed by atoms with Gasteiger partial charge in [-0.2, -0.15) is 0 Å². The zero-order valence-corrected chi connectivity index (χ0v) is 24.2. The van der Waals surface area contributed by atoms with Crippen molar-refractivity contribution in [2.45, 2.75) is 31.8 Å². The summed E-state index contributed by atoms with van der Waals surface area (Å²) in [7, 11) is 0. The zero-order valence-electron chi connectivity index (χ0n) is 23.3. The molecule has 3 aromatic rings. The molecule has 3 rings (SSSR count). The second-order valence-corrected chi connectivity index (χ2v) is 9.45. The van der Waals surface area contributed by atoms with Gasteiger partial charge in [-0.1, -0.05) is 36.0 Å². The molecule has 2 aromatic carbocycles. The largest absolute Gasteiger partial charge is 0.462 e. The summed E-state index contributed by atoms with van der Waals surface area (Å²) in [5.41, 5.74) is 0.212. The van der Waals surface area contributed by atoms with Gasteiger partial charge in [0.25, 0.3) is 11.5 Å². The number of aromatic amines is 1. The van der Waals surface area contributed by atoms with Crippen molar-refractivity contribution in [1.29, 1.82) is 0 Å². The van der Waals surface area contributed by atoms with E-state index in [4.69, 9.17) is 14.2 Å². The van der Waals surface area contributed by atoms with E-state index < -0.39 is 41.9 Å². The number of amides is 2. The Hall–Kier alpha value is -5.05. The Morgan fingerprint density at radius 2 is 1.35 bits per heavy atom. The predicted molar refractivity (Wildman–Crippen MR) is 155 cm³/mol. The maximum Gasteiger partial charge on any atom is 0.340 e. The van der Waals surface area contributed by atoms with Crippen LogP contribution < -0.4 is 16.2 Å². The minimum Gasteiger partial charge on any atom is -0.462 e. The van der Waals surface area contributed by atoms with Gasteiger partial charge in [0, 0.05) is 6.42 Å². The summed E-state index contributed by atoms with van der Waals surface area (Å²) in [5.74, 6) is -3.19. The molecule has 0 aliphatic rings. The number of hydrogen-bond acceptors (Lipinski definition) is 12. The number of hydrogen-bond donors (Lipinski definition) is 3. The number of nitrogens with zero attached hydrogens (tertiary/aromatic N) is 2. The molecule has 0 saturated heterocycles. The topological polar surface area (TPSA) is 196 Å². The van der Waals surface area contributed by atoms with Gasteiger partial charge in [0.2, 0.25) is 5.91 Å². The van der Waals surface area contributed by atoms with Crippen LogP contribution in [0.4, 0.5) is 11.4 Å². The van der Waals surface area contributed by atoms with E-state index in [-0.39, 0.29) is 65.2 Å². The minimum absolute atomic E-state index is 0.0399. The molecule has 43 heavy (non-hydrogen) atoms. The van der Waals surface area contributed by atoms with E-state index in [1.165, 1.54) is 18.2 Å². The van der Waals surface area contributed by atoms with Crippen LogP contribution in [0.15, 0.2) is 58.5 Å². The number of anilines is 2. The molecule has 0 atom stereocenters. The first-order valence-electron chi connectivity index (χ1n) is 13.1. The van der Waals surface area contributed by atoms with Gasteiger partial charge in [-0.15, -0.1) is 10.2 Å². The van der Waals surface area contributed by atoms with Crippen LogP contribution in [-0.2, 0) is 35.0 Å². The van der Waals surface area contributed by atoms with Crippen molar-refractivity contribution in [2.75, 3.05) is 36.2 Å². The van der Waals surface area contributed by atoms with E-state index >= 15 is 0 Å². The van der Waals surface area contributed by atoms with Crippen molar-refractivity contribution in [3.8, 4) is 0 Å². The number of aromatic nitrogens is 3. The number of para-hydroxylation sites is 2. The molecular formula is C28H29N5O9S. The first kappa shape index (κ1) is 32.5. The molecule has 0 fully saturated rings. The standard InChI is InChI=1S/C28H29N5O9S/c1-3-40-26(38)17-9-5-7-11-19(17)29-22(34)15-42-24(36)14-13-21-25(37)31-28(33-32-21)43-16-23(35)30-20-12-8-6-10-18(20)27(39)41-4-2/h5-12H,3-4,13-16H2,1-2H3,(H,29,34)(H,30,35)(H,31,33,37). The number of ether oxygens (including phenoxy) is 3. The van der Waals surface area contributed by atoms with Crippen LogP contribution in [0.5, 0.6) is 0 Å². The van der Waals surface area contributed by atoms with Crippen molar-refractivity contribution in [3.63, 3.8) is 0 Å². The second kappa shape index (κ2) is 16.4. The van der Waals surface area contributed by atoms with E-state index in [0.29, 0.717) is 0 Å². The quantitative estimate of drug-likeness (QED) is 0.137. The van der Waals surface area contributed by atoms with Crippen LogP contribution in [-0.4, -0.2) is 70.5 Å². The number of aryl methyl sites for hydroxylation is 1. The summed E-state index contributed by atoms with van der Waals surface area (Å²) in [5, 5.41) is 12.9. The van der Waals surface area contributed by atoms with Gasteiger partial charge in [0.15, 0.2) is 11.8 Å². The van der Waals surface area contributed by atoms with Crippen molar-refractivity contribution in [3.05, 3.63) is 75.7 Å². The normalized spacial score (nSPS) is 10.4. The van der Waals surface area contributed by atoms with Crippen molar-refractivity contribution < 1.29 is 38.2 Å². The summed E-state index contributed by atoms with van der Waals surface area (Å²) < 4.78 is 14.9. The third kappa shape index (κ3) is 10.1. The van der Waals surface area contributed by atoms with Gasteiger partial charge < -0.3 is 24.8 Å². The highest BCUT2D eigenvalue weighted by Gasteiger charge is 2.17. The molecule has 0 saturated carbocycles. The Kier molecular flexibility index (Phi) is 12.4. The summed E-state index contributed by atoms with van der Waals surface area (Å²) >= 11 is 0.914. The average Bonchev–Trinajstić information content (AvgIpc) is 2.99. The Balaban J connectivity index is 1.45. The summed E-state index contributed by atoms with van der Waals surface area (Å²) in [6, 6.07) is 12.6. The molecule has 0 aliphatic carbocycles. The molecule has 226 valence electrons. The van der Waals surface area contributed by atoms with Crippen molar-refractivity contribution in [1.82, 2.24) is 15.2 Å². The van der Waals surface area contributed by atoms with E-state index in [1.807, 2.05) is 0 Å². The van der Waals surface area contributed by atoms with Gasteiger partial charge in [-0.05, 0) is 38.1 Å². The predicted octanol–water partition coefficient (Wildman–Crippen LogP) is 2.36. The van der Waals surface area contributed by atoms with E-state index in [9.17, 15) is 28.8 Å². The molecule has 0 bridgehead atoms. The molecular weight excluding hydrogens is 582 g/mol. The molecule has 0 spiro atoms. The van der Waals surface area contributed by atoms with Gasteiger partial charge in [0.05, 0.1) is 47.9 Å². The molecule has 3 N–H and O–H groups in total. The summed E-state index contributed by atoms with van der Waals surface area (Å²) in [4.78, 5) is 75.8. The first-order chi connectivity index (χ1) is 20.7. The van der Waals surface area contributed by atoms with Crippen molar-refractivity contribution in [2.24, 2.45) is 0 Å². The molecule has 0 radical (unpaired) electrons. The lowest BCUT2D eigenvalue weighted by Gasteiger charge is -2.10. The molecule has 1 aromatic heterocycles. The van der Waals surface area contributed by atoms with Crippen LogP contribution in [0.2, 0.25) is 0 Å². The number of H-pyrrole nitrogens is 1. The molecule has 14 nitrogen and oxygen atoms in total. The van der Waals surface area contributed by atoms with Crippen LogP contribution in [0.3, 0.4) is 0 Å². The van der Waals surface area contributed by atoms with E-state index in [2.05, 4.69) is 25.8 Å². The van der Waals surface area contributed by atoms with Crippen LogP contribution >= 0.6 is 11.8 Å². The maximum atomic E-state index is 12.4. The van der Waals surface area contributed by atoms with E-state index in [1.54, 1.807) is 44.2 Å². The number of carbonyl (C=O) groups excluding carboxylic acids is 5. The van der Waals surface area contributed by atoms with Crippen LogP contribution in [0.25, 0.3) is 0 Å². The monoisotopic (exact) mass is 611 g/mol. The number of benzene rings is 2. The Labute approximate surface area is 249 Å². The highest BCUT2D eigenvalue weighted by atomic mass is 32.2. The van der Waals surface area contributed by atoms with Gasteiger partial charge in [0.1, 0.15) is 5.69 Å². The average molecular weight is 612 g/mol. The SMILES string of the molecule is CCOC(=O)c1ccccc1NC(=O)COC(=O)CCc1nnc(SCC(=O)Nc2ccccc2C(=O)OCC)[nH]c1=O. The fourth-order valence-electron chi connectivity index (χ4n) is 3.48. The third-order valence-corrected chi connectivity index (χ3v) is 6.27. The number of carbonyl (C=O) groups is 5. The minimum atomic E-state index is -0.756. The fraction of sp³-hybridized carbons (Fsp3) is 0.286. The smallest absolute Gasteiger partial charge is 0.340 e. The zero-order chi connectivity index (χ0) is 31.2. The van der Waals surface area contributed by atoms with E-state index in [0.717, 1.165) is 11.8 Å². The molecule has 2 amide bonds. The summed E-state index contributed by atoms with van der Waals surface area (Å²) in [6.45, 7) is 3.07. The van der Waals surface area contributed by atoms with Gasteiger partial charge in [-0.3, -0.25) is 24.2 Å². The maximum absolute atomic E-state index is 12.4. The molecule has 0 aliphatic heterocycles. The summed E-state index contributed by atoms with van der Waals surface area (Å²) in [6.07, 6.45) is -0.357. The van der Waals surface area contributed by atoms with Gasteiger partial charge in [-0.25, -0.2) is 9.59 Å². The third-order valence-electron chi connectivity index (χ3n) is 5.41. The lowest BCUT2D eigenvalue weighted by atomic mass is 10.2. The molecule has 0 unspecified atom stereocenters. The first-order valence-corrected chi connectivity index (χ1v) is 14.1. The van der Waals surface area contributed by atoms with Gasteiger partial charge >= 0.3 is 17.9 Å².